The molecule has 1 aliphatic rings. The van der Waals surface area contributed by atoms with E-state index in [0.717, 1.165) is 0 Å². The zero-order chi connectivity index (χ0) is 15.5. The van der Waals surface area contributed by atoms with Gasteiger partial charge in [0.2, 0.25) is 0 Å². The lowest BCUT2D eigenvalue weighted by Gasteiger charge is -2.26. The van der Waals surface area contributed by atoms with Crippen molar-refractivity contribution >= 4 is 17.3 Å². The molecule has 1 saturated heterocycles. The minimum absolute atomic E-state index is 0.0521. The molecule has 7 nitrogen and oxygen atoms in total. The van der Waals surface area contributed by atoms with E-state index >= 15 is 0 Å². The van der Waals surface area contributed by atoms with E-state index in [2.05, 4.69) is 10.4 Å². The molecule has 2 atom stereocenters. The number of anilines is 1. The third-order valence-corrected chi connectivity index (χ3v) is 4.10. The van der Waals surface area contributed by atoms with Gasteiger partial charge < -0.3 is 19.9 Å². The number of nitrogens with zero attached hydrogens (tertiary/aromatic N) is 2. The number of aliphatic hydroxyl groups is 1. The number of ether oxygens (including phenoxy) is 2. The minimum atomic E-state index is -0.964. The van der Waals surface area contributed by atoms with Crippen molar-refractivity contribution in [2.24, 2.45) is 0 Å². The average Bonchev–Trinajstić information content (AvgIpc) is 2.79. The number of hydrogen-bond acceptors (Lipinski definition) is 6. The molecule has 8 heteroatoms. The van der Waals surface area contributed by atoms with Gasteiger partial charge in [-0.2, -0.15) is 5.10 Å². The number of aromatic nitrogens is 2. The van der Waals surface area contributed by atoms with Gasteiger partial charge in [-0.1, -0.05) is 11.6 Å². The zero-order valence-electron chi connectivity index (χ0n) is 12.1. The molecule has 118 valence electrons. The van der Waals surface area contributed by atoms with E-state index in [1.165, 1.54) is 10.9 Å². The summed E-state index contributed by atoms with van der Waals surface area (Å²) in [5.74, 6) is 0. The maximum absolute atomic E-state index is 12.0. The molecule has 0 saturated carbocycles. The van der Waals surface area contributed by atoms with Crippen LogP contribution in [0.25, 0.3) is 0 Å². The normalized spacial score (nSPS) is 25.2. The lowest BCUT2D eigenvalue weighted by atomic mass is 9.97. The Morgan fingerprint density at radius 2 is 2.48 bits per heavy atom. The van der Waals surface area contributed by atoms with Crippen molar-refractivity contribution in [3.05, 3.63) is 21.6 Å². The third kappa shape index (κ3) is 3.55. The summed E-state index contributed by atoms with van der Waals surface area (Å²) in [6.07, 6.45) is 1.75. The van der Waals surface area contributed by atoms with Crippen LogP contribution in [0.3, 0.4) is 0 Å². The Kier molecular flexibility index (Phi) is 5.21. The van der Waals surface area contributed by atoms with Crippen LogP contribution in [0, 0.1) is 0 Å². The maximum Gasteiger partial charge on any atom is 0.287 e. The molecule has 0 bridgehead atoms. The Morgan fingerprint density at radius 1 is 1.71 bits per heavy atom. The Balaban J connectivity index is 2.07. The summed E-state index contributed by atoms with van der Waals surface area (Å²) >= 11 is 6.06. The number of rotatable bonds is 6. The van der Waals surface area contributed by atoms with Crippen molar-refractivity contribution in [1.82, 2.24) is 9.78 Å². The molecule has 0 spiro atoms. The van der Waals surface area contributed by atoms with Crippen LogP contribution in [-0.2, 0) is 16.0 Å². The molecule has 1 aliphatic heterocycles. The summed E-state index contributed by atoms with van der Waals surface area (Å²) in [6.45, 7) is 3.30. The first-order valence-electron chi connectivity index (χ1n) is 6.80. The molecular weight excluding hydrogens is 298 g/mol. The van der Waals surface area contributed by atoms with Gasteiger partial charge in [0, 0.05) is 26.7 Å². The van der Waals surface area contributed by atoms with Gasteiger partial charge in [0.25, 0.3) is 5.56 Å². The van der Waals surface area contributed by atoms with Crippen LogP contribution < -0.4 is 10.9 Å². The lowest BCUT2D eigenvalue weighted by molar-refractivity contribution is -0.0176. The van der Waals surface area contributed by atoms with Gasteiger partial charge in [-0.15, -0.1) is 0 Å². The molecule has 0 radical (unpaired) electrons. The molecule has 21 heavy (non-hydrogen) atoms. The Hall–Kier alpha value is -1.15. The molecule has 1 aromatic rings. The second-order valence-electron chi connectivity index (χ2n) is 5.11. The summed E-state index contributed by atoms with van der Waals surface area (Å²) < 4.78 is 11.5. The van der Waals surface area contributed by atoms with Gasteiger partial charge >= 0.3 is 0 Å². The summed E-state index contributed by atoms with van der Waals surface area (Å²) in [6, 6.07) is 0. The van der Waals surface area contributed by atoms with Gasteiger partial charge in [0.05, 0.1) is 31.1 Å². The van der Waals surface area contributed by atoms with Gasteiger partial charge in [0.1, 0.15) is 10.6 Å². The molecule has 0 aliphatic carbocycles. The van der Waals surface area contributed by atoms with E-state index in [-0.39, 0.29) is 23.2 Å². The topological polar surface area (TPSA) is 85.6 Å². The van der Waals surface area contributed by atoms with Gasteiger partial charge in [-0.05, 0) is 6.92 Å². The number of halogens is 1. The summed E-state index contributed by atoms with van der Waals surface area (Å²) in [4.78, 5) is 12.0. The second-order valence-corrected chi connectivity index (χ2v) is 5.49. The monoisotopic (exact) mass is 317 g/mol. The molecular formula is C13H20ClN3O4. The van der Waals surface area contributed by atoms with E-state index in [4.69, 9.17) is 21.1 Å². The van der Waals surface area contributed by atoms with E-state index in [1.54, 1.807) is 7.11 Å². The van der Waals surface area contributed by atoms with Crippen LogP contribution in [0.1, 0.15) is 13.3 Å². The summed E-state index contributed by atoms with van der Waals surface area (Å²) in [5, 5.41) is 17.5. The highest BCUT2D eigenvalue weighted by Gasteiger charge is 2.39. The third-order valence-electron chi connectivity index (χ3n) is 3.74. The smallest absolute Gasteiger partial charge is 0.287 e. The Labute approximate surface area is 127 Å². The maximum atomic E-state index is 12.0. The SMILES string of the molecule is COCCn1ncc(NCC2(O)CCOC2C)c(Cl)c1=O. The van der Waals surface area contributed by atoms with Gasteiger partial charge in [-0.3, -0.25) is 4.79 Å². The average molecular weight is 318 g/mol. The summed E-state index contributed by atoms with van der Waals surface area (Å²) in [7, 11) is 1.55. The quantitative estimate of drug-likeness (QED) is 0.794. The Morgan fingerprint density at radius 3 is 3.10 bits per heavy atom. The molecule has 0 aromatic carbocycles. The van der Waals surface area contributed by atoms with Crippen LogP contribution in [-0.4, -0.2) is 53.5 Å². The second kappa shape index (κ2) is 6.74. The van der Waals surface area contributed by atoms with Crippen molar-refractivity contribution in [2.45, 2.75) is 31.6 Å². The number of nitrogens with one attached hydrogen (secondary N) is 1. The number of methoxy groups -OCH3 is 1. The van der Waals surface area contributed by atoms with Crippen LogP contribution in [0.5, 0.6) is 0 Å². The fraction of sp³-hybridized carbons (Fsp3) is 0.692. The molecule has 1 fully saturated rings. The predicted octanol–water partition coefficient (Wildman–Crippen LogP) is 0.495. The number of hydrogen-bond donors (Lipinski definition) is 2. The van der Waals surface area contributed by atoms with E-state index in [0.29, 0.717) is 31.9 Å². The largest absolute Gasteiger partial charge is 0.385 e. The van der Waals surface area contributed by atoms with Gasteiger partial charge in [-0.25, -0.2) is 4.68 Å². The predicted molar refractivity (Wildman–Crippen MR) is 78.9 cm³/mol. The minimum Gasteiger partial charge on any atom is -0.385 e. The van der Waals surface area contributed by atoms with E-state index in [1.807, 2.05) is 6.92 Å². The molecule has 2 unspecified atom stereocenters. The Bertz CT molecular complexity index is 551. The van der Waals surface area contributed by atoms with Crippen molar-refractivity contribution in [1.29, 1.82) is 0 Å². The highest BCUT2D eigenvalue weighted by Crippen LogP contribution is 2.26. The van der Waals surface area contributed by atoms with Gasteiger partial charge in [0.15, 0.2) is 0 Å². The van der Waals surface area contributed by atoms with Crippen molar-refractivity contribution in [3.8, 4) is 0 Å². The molecule has 2 N–H and O–H groups in total. The first kappa shape index (κ1) is 16.2. The molecule has 1 aromatic heterocycles. The van der Waals surface area contributed by atoms with E-state index < -0.39 is 5.60 Å². The van der Waals surface area contributed by atoms with Crippen molar-refractivity contribution < 1.29 is 14.6 Å². The fourth-order valence-electron chi connectivity index (χ4n) is 2.18. The molecule has 2 rings (SSSR count). The highest BCUT2D eigenvalue weighted by molar-refractivity contribution is 6.32. The van der Waals surface area contributed by atoms with Crippen LogP contribution in [0.2, 0.25) is 5.02 Å². The first-order chi connectivity index (χ1) is 9.98. The first-order valence-corrected chi connectivity index (χ1v) is 7.18. The summed E-state index contributed by atoms with van der Waals surface area (Å²) in [5.41, 5.74) is -0.946. The highest BCUT2D eigenvalue weighted by atomic mass is 35.5. The fourth-order valence-corrected chi connectivity index (χ4v) is 2.39. The zero-order valence-corrected chi connectivity index (χ0v) is 12.9. The van der Waals surface area contributed by atoms with Crippen molar-refractivity contribution in [2.75, 3.05) is 32.2 Å². The molecule has 2 heterocycles. The van der Waals surface area contributed by atoms with Crippen molar-refractivity contribution in [3.63, 3.8) is 0 Å². The standard InChI is InChI=1S/C13H20ClN3O4/c1-9-13(19,3-5-21-9)8-15-10-7-16-17(4-6-20-2)12(18)11(10)14/h7,9,15,19H,3-6,8H2,1-2H3. The van der Waals surface area contributed by atoms with E-state index in [9.17, 15) is 9.90 Å². The lowest BCUT2D eigenvalue weighted by Crippen LogP contribution is -2.43. The van der Waals surface area contributed by atoms with Crippen LogP contribution in [0.4, 0.5) is 5.69 Å². The van der Waals surface area contributed by atoms with Crippen LogP contribution >= 0.6 is 11.6 Å². The molecule has 0 amide bonds. The van der Waals surface area contributed by atoms with Crippen LogP contribution in [0.15, 0.2) is 11.0 Å².